The quantitative estimate of drug-likeness (QED) is 0.396. The van der Waals surface area contributed by atoms with E-state index in [9.17, 15) is 23.2 Å². The van der Waals surface area contributed by atoms with Crippen LogP contribution < -0.4 is 21.5 Å². The van der Waals surface area contributed by atoms with Crippen molar-refractivity contribution in [2.45, 2.75) is 18.9 Å². The van der Waals surface area contributed by atoms with Gasteiger partial charge >= 0.3 is 5.69 Å². The summed E-state index contributed by atoms with van der Waals surface area (Å²) in [5.74, 6) is -3.48. The van der Waals surface area contributed by atoms with Crippen LogP contribution in [0.15, 0.2) is 40.6 Å². The second-order valence-corrected chi connectivity index (χ2v) is 9.52. The van der Waals surface area contributed by atoms with E-state index in [4.69, 9.17) is 0 Å². The molecule has 1 saturated heterocycles. The van der Waals surface area contributed by atoms with E-state index in [1.165, 1.54) is 54.2 Å². The van der Waals surface area contributed by atoms with Crippen LogP contribution in [0.3, 0.4) is 0 Å². The summed E-state index contributed by atoms with van der Waals surface area (Å²) in [7, 11) is 2.85. The number of aryl methyl sites for hydroxylation is 1. The van der Waals surface area contributed by atoms with Crippen molar-refractivity contribution in [3.05, 3.63) is 51.8 Å². The Kier molecular flexibility index (Phi) is 5.15. The molecule has 4 aromatic heterocycles. The second kappa shape index (κ2) is 8.22. The van der Waals surface area contributed by atoms with Crippen molar-refractivity contribution < 1.29 is 13.6 Å². The van der Waals surface area contributed by atoms with Crippen molar-refractivity contribution in [3.63, 3.8) is 0 Å². The first-order valence-corrected chi connectivity index (χ1v) is 11.8. The van der Waals surface area contributed by atoms with Gasteiger partial charge in [-0.2, -0.15) is 0 Å². The molecule has 1 saturated carbocycles. The van der Waals surface area contributed by atoms with E-state index < -0.39 is 41.0 Å². The zero-order chi connectivity index (χ0) is 26.9. The van der Waals surface area contributed by atoms with Gasteiger partial charge in [0.05, 0.1) is 23.7 Å². The molecule has 5 heterocycles. The Morgan fingerprint density at radius 2 is 1.76 bits per heavy atom. The van der Waals surface area contributed by atoms with Gasteiger partial charge in [0.2, 0.25) is 11.9 Å². The first kappa shape index (κ1) is 23.8. The maximum Gasteiger partial charge on any atom is 0.332 e. The van der Waals surface area contributed by atoms with Gasteiger partial charge in [0, 0.05) is 45.8 Å². The van der Waals surface area contributed by atoms with Crippen molar-refractivity contribution in [1.29, 1.82) is 0 Å². The van der Waals surface area contributed by atoms with Crippen LogP contribution in [-0.4, -0.2) is 63.5 Å². The van der Waals surface area contributed by atoms with E-state index in [0.717, 1.165) is 4.57 Å². The highest BCUT2D eigenvalue weighted by molar-refractivity contribution is 5.93. The topological polar surface area (TPSA) is 146 Å². The number of nitrogens with one attached hydrogen (secondary N) is 1. The predicted octanol–water partition coefficient (Wildman–Crippen LogP) is 0.582. The Hall–Kier alpha value is -4.56. The van der Waals surface area contributed by atoms with Crippen LogP contribution in [0.25, 0.3) is 22.6 Å². The van der Waals surface area contributed by atoms with E-state index >= 15 is 0 Å². The maximum absolute atomic E-state index is 13.5. The number of carbonyl (C=O) groups is 1. The predicted molar refractivity (Wildman–Crippen MR) is 131 cm³/mol. The fraction of sp³-hybridized carbons (Fsp3) is 0.391. The lowest BCUT2D eigenvalue weighted by atomic mass is 10.3. The summed E-state index contributed by atoms with van der Waals surface area (Å²) in [6, 6.07) is 0.652. The van der Waals surface area contributed by atoms with E-state index in [2.05, 4.69) is 30.2 Å². The summed E-state index contributed by atoms with van der Waals surface area (Å²) in [5.41, 5.74) is -0.304. The minimum absolute atomic E-state index is 0.122. The SMILES string of the molecule is C[C@@H](C(=O)Nc1ccnc(-c2cnc(N3CC4C(C3)C4(F)F)nc2)n1)n1cnc2c1c(=O)n(C)c(=O)n2C. The van der Waals surface area contributed by atoms with Crippen molar-refractivity contribution >= 4 is 28.8 Å². The largest absolute Gasteiger partial charge is 0.340 e. The number of alkyl halides is 2. The number of halogens is 2. The first-order chi connectivity index (χ1) is 18.1. The summed E-state index contributed by atoms with van der Waals surface area (Å²) < 4.78 is 30.5. The molecule has 15 heteroatoms. The van der Waals surface area contributed by atoms with Gasteiger partial charge in [-0.3, -0.25) is 18.7 Å². The molecule has 38 heavy (non-hydrogen) atoms. The number of fused-ring (bicyclic) bond motifs is 2. The van der Waals surface area contributed by atoms with Gasteiger partial charge in [0.1, 0.15) is 11.9 Å². The van der Waals surface area contributed by atoms with E-state index in [1.807, 2.05) is 0 Å². The Balaban J connectivity index is 1.19. The molecule has 1 aliphatic heterocycles. The molecule has 0 spiro atoms. The van der Waals surface area contributed by atoms with Gasteiger partial charge < -0.3 is 14.8 Å². The molecular formula is C23H22F2N10O3. The molecule has 3 atom stereocenters. The van der Waals surface area contributed by atoms with Crippen molar-refractivity contribution in [2.24, 2.45) is 25.9 Å². The average molecular weight is 524 g/mol. The number of nitrogens with zero attached hydrogens (tertiary/aromatic N) is 9. The third-order valence-corrected chi connectivity index (χ3v) is 7.26. The van der Waals surface area contributed by atoms with Crippen LogP contribution in [0.5, 0.6) is 0 Å². The van der Waals surface area contributed by atoms with Crippen LogP contribution in [-0.2, 0) is 18.9 Å². The third-order valence-electron chi connectivity index (χ3n) is 7.26. The van der Waals surface area contributed by atoms with Crippen molar-refractivity contribution in [3.8, 4) is 11.4 Å². The van der Waals surface area contributed by atoms with Crippen LogP contribution in [0, 0.1) is 11.8 Å². The standard InChI is InChI=1S/C23H22F2N10O3/c1-11(35-10-29-18-16(35)20(37)33(3)22(38)32(18)2)19(36)31-15-4-5-26-17(30-15)12-6-27-21(28-7-12)34-8-13-14(9-34)23(13,24)25/h4-7,10-11,13-14H,8-9H2,1-3H3,(H,26,30,31,36)/t11-,13?,14?/m0/s1. The summed E-state index contributed by atoms with van der Waals surface area (Å²) in [4.78, 5) is 61.0. The van der Waals surface area contributed by atoms with Gasteiger partial charge in [-0.05, 0) is 13.0 Å². The molecule has 1 amide bonds. The van der Waals surface area contributed by atoms with E-state index in [0.29, 0.717) is 11.5 Å². The number of imidazole rings is 1. The van der Waals surface area contributed by atoms with E-state index in [1.54, 1.807) is 11.8 Å². The zero-order valence-corrected chi connectivity index (χ0v) is 20.5. The lowest BCUT2D eigenvalue weighted by Crippen LogP contribution is -2.38. The molecule has 2 aliphatic rings. The molecule has 6 rings (SSSR count). The molecule has 4 aromatic rings. The van der Waals surface area contributed by atoms with Gasteiger partial charge in [-0.25, -0.2) is 38.5 Å². The lowest BCUT2D eigenvalue weighted by molar-refractivity contribution is -0.118. The summed E-state index contributed by atoms with van der Waals surface area (Å²) >= 11 is 0. The summed E-state index contributed by atoms with van der Waals surface area (Å²) in [6.07, 6.45) is 5.81. The summed E-state index contributed by atoms with van der Waals surface area (Å²) in [5, 5.41) is 2.70. The van der Waals surface area contributed by atoms with Crippen LogP contribution >= 0.6 is 0 Å². The molecular weight excluding hydrogens is 502 g/mol. The summed E-state index contributed by atoms with van der Waals surface area (Å²) in [6.45, 7) is 2.04. The molecule has 0 radical (unpaired) electrons. The Bertz CT molecular complexity index is 1700. The highest BCUT2D eigenvalue weighted by Gasteiger charge is 2.72. The molecule has 0 bridgehead atoms. The second-order valence-electron chi connectivity index (χ2n) is 9.52. The minimum atomic E-state index is -2.58. The van der Waals surface area contributed by atoms with E-state index in [-0.39, 0.29) is 35.9 Å². The van der Waals surface area contributed by atoms with Crippen molar-refractivity contribution in [1.82, 2.24) is 38.6 Å². The number of hydrogen-bond donors (Lipinski definition) is 1. The maximum atomic E-state index is 13.5. The number of anilines is 2. The molecule has 1 aliphatic carbocycles. The fourth-order valence-electron chi connectivity index (χ4n) is 4.85. The van der Waals surface area contributed by atoms with Gasteiger partial charge in [-0.15, -0.1) is 0 Å². The van der Waals surface area contributed by atoms with Gasteiger partial charge in [0.25, 0.3) is 11.5 Å². The average Bonchev–Trinajstić information content (AvgIpc) is 3.34. The van der Waals surface area contributed by atoms with Crippen molar-refractivity contribution in [2.75, 3.05) is 23.3 Å². The van der Waals surface area contributed by atoms with Crippen LogP contribution in [0.1, 0.15) is 13.0 Å². The smallest absolute Gasteiger partial charge is 0.332 e. The number of rotatable bonds is 5. The number of aromatic nitrogens is 8. The molecule has 2 unspecified atom stereocenters. The number of hydrogen-bond acceptors (Lipinski definition) is 9. The molecule has 0 aromatic carbocycles. The lowest BCUT2D eigenvalue weighted by Gasteiger charge is -2.19. The fourth-order valence-corrected chi connectivity index (χ4v) is 4.85. The van der Waals surface area contributed by atoms with Crippen LogP contribution in [0.2, 0.25) is 0 Å². The zero-order valence-electron chi connectivity index (χ0n) is 20.5. The highest BCUT2D eigenvalue weighted by Crippen LogP contribution is 2.59. The minimum Gasteiger partial charge on any atom is -0.340 e. The number of piperidine rings is 1. The third kappa shape index (κ3) is 3.56. The molecule has 2 fully saturated rings. The Labute approximate surface area is 212 Å². The van der Waals surface area contributed by atoms with Gasteiger partial charge in [-0.1, -0.05) is 0 Å². The number of carbonyl (C=O) groups excluding carboxylic acids is 1. The Morgan fingerprint density at radius 1 is 1.08 bits per heavy atom. The number of amides is 1. The first-order valence-electron chi connectivity index (χ1n) is 11.8. The van der Waals surface area contributed by atoms with Crippen LogP contribution in [0.4, 0.5) is 20.5 Å². The normalized spacial score (nSPS) is 20.4. The monoisotopic (exact) mass is 524 g/mol. The molecule has 13 nitrogen and oxygen atoms in total. The molecule has 1 N–H and O–H groups in total. The van der Waals surface area contributed by atoms with Gasteiger partial charge in [0.15, 0.2) is 17.0 Å². The Morgan fingerprint density at radius 3 is 2.45 bits per heavy atom. The highest BCUT2D eigenvalue weighted by atomic mass is 19.3. The molecule has 196 valence electrons.